The average Bonchev–Trinajstić information content (AvgIpc) is 2.82. The van der Waals surface area contributed by atoms with Crippen LogP contribution in [0.25, 0.3) is 0 Å². The first-order valence-corrected chi connectivity index (χ1v) is 6.53. The molecule has 7 nitrogen and oxygen atoms in total. The summed E-state index contributed by atoms with van der Waals surface area (Å²) in [5.74, 6) is -1.42. The molecule has 0 spiro atoms. The SMILES string of the molecule is CC1(C(N)=O)CCN(C(=O)C(=O)N2CCNCC2)C1. The van der Waals surface area contributed by atoms with Crippen LogP contribution in [0.15, 0.2) is 0 Å². The molecule has 1 atom stereocenters. The summed E-state index contributed by atoms with van der Waals surface area (Å²) in [7, 11) is 0. The second-order valence-corrected chi connectivity index (χ2v) is 5.44. The van der Waals surface area contributed by atoms with E-state index < -0.39 is 23.1 Å². The molecule has 0 bridgehead atoms. The van der Waals surface area contributed by atoms with E-state index in [0.717, 1.165) is 0 Å². The van der Waals surface area contributed by atoms with E-state index in [9.17, 15) is 14.4 Å². The molecule has 0 radical (unpaired) electrons. The molecule has 2 rings (SSSR count). The van der Waals surface area contributed by atoms with Crippen molar-refractivity contribution in [3.05, 3.63) is 0 Å². The highest BCUT2D eigenvalue weighted by Gasteiger charge is 2.42. The third kappa shape index (κ3) is 2.70. The minimum Gasteiger partial charge on any atom is -0.369 e. The van der Waals surface area contributed by atoms with Crippen molar-refractivity contribution in [2.75, 3.05) is 39.3 Å². The Labute approximate surface area is 112 Å². The van der Waals surface area contributed by atoms with Crippen LogP contribution in [0.1, 0.15) is 13.3 Å². The van der Waals surface area contributed by atoms with Gasteiger partial charge in [-0.15, -0.1) is 0 Å². The molecular formula is C12H20N4O3. The molecule has 0 aromatic carbocycles. The Morgan fingerprint density at radius 2 is 1.63 bits per heavy atom. The maximum absolute atomic E-state index is 12.1. The van der Waals surface area contributed by atoms with Gasteiger partial charge in [-0.3, -0.25) is 14.4 Å². The second kappa shape index (κ2) is 5.16. The number of rotatable bonds is 1. The average molecular weight is 268 g/mol. The van der Waals surface area contributed by atoms with Crippen molar-refractivity contribution >= 4 is 17.7 Å². The minimum atomic E-state index is -0.709. The summed E-state index contributed by atoms with van der Waals surface area (Å²) in [6.45, 7) is 4.89. The number of carbonyl (C=O) groups is 3. The number of amides is 3. The molecular weight excluding hydrogens is 248 g/mol. The third-order valence-corrected chi connectivity index (χ3v) is 3.94. The number of likely N-dealkylation sites (tertiary alicyclic amines) is 1. The zero-order chi connectivity index (χ0) is 14.0. The first kappa shape index (κ1) is 13.8. The van der Waals surface area contributed by atoms with Crippen LogP contribution in [0.3, 0.4) is 0 Å². The molecule has 0 aromatic rings. The van der Waals surface area contributed by atoms with Crippen molar-refractivity contribution in [1.29, 1.82) is 0 Å². The van der Waals surface area contributed by atoms with Gasteiger partial charge in [0, 0.05) is 39.3 Å². The molecule has 0 saturated carbocycles. The highest BCUT2D eigenvalue weighted by atomic mass is 16.2. The molecule has 3 amide bonds. The summed E-state index contributed by atoms with van der Waals surface area (Å²) in [6, 6.07) is 0. The fourth-order valence-corrected chi connectivity index (χ4v) is 2.47. The van der Waals surface area contributed by atoms with Crippen LogP contribution in [-0.2, 0) is 14.4 Å². The van der Waals surface area contributed by atoms with Crippen LogP contribution in [0.2, 0.25) is 0 Å². The van der Waals surface area contributed by atoms with Gasteiger partial charge in [0.15, 0.2) is 0 Å². The van der Waals surface area contributed by atoms with Crippen molar-refractivity contribution < 1.29 is 14.4 Å². The second-order valence-electron chi connectivity index (χ2n) is 5.44. The maximum atomic E-state index is 12.1. The minimum absolute atomic E-state index is 0.235. The van der Waals surface area contributed by atoms with E-state index in [4.69, 9.17) is 5.73 Å². The normalized spacial score (nSPS) is 27.4. The Balaban J connectivity index is 1.97. The molecule has 19 heavy (non-hydrogen) atoms. The number of nitrogens with one attached hydrogen (secondary N) is 1. The Morgan fingerprint density at radius 3 is 2.16 bits per heavy atom. The van der Waals surface area contributed by atoms with Crippen molar-refractivity contribution in [2.45, 2.75) is 13.3 Å². The Morgan fingerprint density at radius 1 is 1.05 bits per heavy atom. The van der Waals surface area contributed by atoms with Crippen LogP contribution in [0.4, 0.5) is 0 Å². The predicted molar refractivity (Wildman–Crippen MR) is 67.9 cm³/mol. The third-order valence-electron chi connectivity index (χ3n) is 3.94. The van der Waals surface area contributed by atoms with Crippen LogP contribution in [-0.4, -0.2) is 66.8 Å². The molecule has 2 aliphatic rings. The standard InChI is InChI=1S/C12H20N4O3/c1-12(11(13)19)2-5-16(8-12)10(18)9(17)15-6-3-14-4-7-15/h14H,2-8H2,1H3,(H2,13,19). The zero-order valence-electron chi connectivity index (χ0n) is 11.1. The highest BCUT2D eigenvalue weighted by Crippen LogP contribution is 2.29. The van der Waals surface area contributed by atoms with Crippen molar-refractivity contribution in [1.82, 2.24) is 15.1 Å². The van der Waals surface area contributed by atoms with Crippen molar-refractivity contribution in [3.8, 4) is 0 Å². The molecule has 1 unspecified atom stereocenters. The number of nitrogens with two attached hydrogens (primary N) is 1. The predicted octanol–water partition coefficient (Wildman–Crippen LogP) is -1.86. The van der Waals surface area contributed by atoms with Gasteiger partial charge in [-0.05, 0) is 13.3 Å². The van der Waals surface area contributed by atoms with E-state index in [-0.39, 0.29) is 6.54 Å². The van der Waals surface area contributed by atoms with Gasteiger partial charge in [-0.1, -0.05) is 0 Å². The first-order chi connectivity index (χ1) is 8.94. The topological polar surface area (TPSA) is 95.7 Å². The van der Waals surface area contributed by atoms with Crippen molar-refractivity contribution in [2.24, 2.45) is 11.1 Å². The number of piperazine rings is 1. The Kier molecular flexibility index (Phi) is 3.75. The lowest BCUT2D eigenvalue weighted by Crippen LogP contribution is -2.52. The first-order valence-electron chi connectivity index (χ1n) is 6.53. The quantitative estimate of drug-likeness (QED) is 0.545. The lowest BCUT2D eigenvalue weighted by Gasteiger charge is -2.28. The van der Waals surface area contributed by atoms with Gasteiger partial charge >= 0.3 is 11.8 Å². The summed E-state index contributed by atoms with van der Waals surface area (Å²) < 4.78 is 0. The van der Waals surface area contributed by atoms with E-state index in [1.165, 1.54) is 4.90 Å². The Hall–Kier alpha value is -1.63. The van der Waals surface area contributed by atoms with E-state index in [1.54, 1.807) is 11.8 Å². The monoisotopic (exact) mass is 268 g/mol. The molecule has 3 N–H and O–H groups in total. The molecule has 106 valence electrons. The molecule has 2 aliphatic heterocycles. The molecule has 2 saturated heterocycles. The lowest BCUT2D eigenvalue weighted by atomic mass is 9.89. The largest absolute Gasteiger partial charge is 0.369 e. The van der Waals surface area contributed by atoms with Gasteiger partial charge in [0.05, 0.1) is 5.41 Å². The van der Waals surface area contributed by atoms with E-state index >= 15 is 0 Å². The number of hydrogen-bond acceptors (Lipinski definition) is 4. The summed E-state index contributed by atoms with van der Waals surface area (Å²) in [6.07, 6.45) is 0.517. The molecule has 2 fully saturated rings. The van der Waals surface area contributed by atoms with Gasteiger partial charge in [-0.25, -0.2) is 0 Å². The smallest absolute Gasteiger partial charge is 0.312 e. The lowest BCUT2D eigenvalue weighted by molar-refractivity contribution is -0.151. The number of hydrogen-bond donors (Lipinski definition) is 2. The van der Waals surface area contributed by atoms with E-state index in [0.29, 0.717) is 39.1 Å². The number of primary amides is 1. The zero-order valence-corrected chi connectivity index (χ0v) is 11.1. The van der Waals surface area contributed by atoms with Crippen LogP contribution < -0.4 is 11.1 Å². The molecule has 0 aliphatic carbocycles. The van der Waals surface area contributed by atoms with Gasteiger partial charge in [-0.2, -0.15) is 0 Å². The van der Waals surface area contributed by atoms with Gasteiger partial charge < -0.3 is 20.9 Å². The number of carbonyl (C=O) groups excluding carboxylic acids is 3. The van der Waals surface area contributed by atoms with Gasteiger partial charge in [0.25, 0.3) is 0 Å². The Bertz CT molecular complexity index is 406. The highest BCUT2D eigenvalue weighted by molar-refractivity contribution is 6.35. The molecule has 2 heterocycles. The van der Waals surface area contributed by atoms with Crippen LogP contribution >= 0.6 is 0 Å². The van der Waals surface area contributed by atoms with Gasteiger partial charge in [0.1, 0.15) is 0 Å². The van der Waals surface area contributed by atoms with Crippen LogP contribution in [0.5, 0.6) is 0 Å². The summed E-state index contributed by atoms with van der Waals surface area (Å²) >= 11 is 0. The van der Waals surface area contributed by atoms with Crippen LogP contribution in [0, 0.1) is 5.41 Å². The summed E-state index contributed by atoms with van der Waals surface area (Å²) in [4.78, 5) is 38.5. The van der Waals surface area contributed by atoms with E-state index in [2.05, 4.69) is 5.32 Å². The fourth-order valence-electron chi connectivity index (χ4n) is 2.47. The molecule has 0 aromatic heterocycles. The maximum Gasteiger partial charge on any atom is 0.312 e. The van der Waals surface area contributed by atoms with Crippen molar-refractivity contribution in [3.63, 3.8) is 0 Å². The summed E-state index contributed by atoms with van der Waals surface area (Å²) in [5, 5.41) is 3.13. The fraction of sp³-hybridized carbons (Fsp3) is 0.750. The number of nitrogens with zero attached hydrogens (tertiary/aromatic N) is 2. The van der Waals surface area contributed by atoms with E-state index in [1.807, 2.05) is 0 Å². The van der Waals surface area contributed by atoms with Gasteiger partial charge in [0.2, 0.25) is 5.91 Å². The summed E-state index contributed by atoms with van der Waals surface area (Å²) in [5.41, 5.74) is 4.62. The molecule has 7 heteroatoms.